The van der Waals surface area contributed by atoms with Crippen molar-refractivity contribution >= 4 is 23.0 Å². The third kappa shape index (κ3) is 3.59. The van der Waals surface area contributed by atoms with Crippen molar-refractivity contribution in [3.8, 4) is 0 Å². The predicted molar refractivity (Wildman–Crippen MR) is 77.2 cm³/mol. The number of aromatic nitrogens is 1. The van der Waals surface area contributed by atoms with Crippen molar-refractivity contribution in [3.63, 3.8) is 0 Å². The van der Waals surface area contributed by atoms with Gasteiger partial charge in [-0.2, -0.15) is 0 Å². The van der Waals surface area contributed by atoms with Crippen LogP contribution in [0, 0.1) is 6.92 Å². The van der Waals surface area contributed by atoms with Crippen molar-refractivity contribution in [1.82, 2.24) is 10.3 Å². The normalized spacial score (nSPS) is 12.3. The maximum Gasteiger partial charge on any atom is 0.326 e. The number of fused-ring (bicyclic) bond motifs is 1. The lowest BCUT2D eigenvalue weighted by atomic mass is 10.1. The van der Waals surface area contributed by atoms with Gasteiger partial charge in [-0.05, 0) is 25.5 Å². The summed E-state index contributed by atoms with van der Waals surface area (Å²) in [6.07, 6.45) is 2.00. The van der Waals surface area contributed by atoms with Crippen LogP contribution < -0.4 is 5.32 Å². The van der Waals surface area contributed by atoms with Crippen molar-refractivity contribution in [2.75, 3.05) is 0 Å². The van der Waals surface area contributed by atoms with Crippen LogP contribution >= 0.6 is 0 Å². The number of carboxylic acid groups (broad SMARTS) is 1. The number of furan rings is 1. The van der Waals surface area contributed by atoms with Gasteiger partial charge in [-0.1, -0.05) is 19.8 Å². The average Bonchev–Trinajstić information content (AvgIpc) is 2.85. The molecule has 0 aromatic carbocycles. The van der Waals surface area contributed by atoms with Gasteiger partial charge in [-0.25, -0.2) is 9.78 Å². The van der Waals surface area contributed by atoms with Crippen molar-refractivity contribution in [1.29, 1.82) is 0 Å². The highest BCUT2D eigenvalue weighted by Gasteiger charge is 2.22. The Hall–Kier alpha value is -2.37. The SMILES string of the molecule is CCCC[C@H](NC(=O)c1cc2nc(C)ccc2o1)C(=O)O. The number of aryl methyl sites for hydroxylation is 1. The number of amides is 1. The number of unbranched alkanes of at least 4 members (excludes halogenated alkanes) is 1. The molecule has 0 radical (unpaired) electrons. The van der Waals surface area contributed by atoms with E-state index in [1.54, 1.807) is 12.1 Å². The lowest BCUT2D eigenvalue weighted by Gasteiger charge is -2.12. The average molecular weight is 290 g/mol. The smallest absolute Gasteiger partial charge is 0.326 e. The first-order valence-corrected chi connectivity index (χ1v) is 6.92. The van der Waals surface area contributed by atoms with Crippen LogP contribution in [0.1, 0.15) is 42.4 Å². The molecular weight excluding hydrogens is 272 g/mol. The summed E-state index contributed by atoms with van der Waals surface area (Å²) in [5.41, 5.74) is 1.91. The van der Waals surface area contributed by atoms with Crippen LogP contribution in [-0.2, 0) is 4.79 Å². The van der Waals surface area contributed by atoms with E-state index in [9.17, 15) is 9.59 Å². The third-order valence-electron chi connectivity index (χ3n) is 3.19. The van der Waals surface area contributed by atoms with Crippen molar-refractivity contribution in [2.45, 2.75) is 39.2 Å². The fourth-order valence-corrected chi connectivity index (χ4v) is 2.03. The molecule has 0 bridgehead atoms. The fourth-order valence-electron chi connectivity index (χ4n) is 2.03. The molecule has 0 aliphatic rings. The molecule has 0 saturated carbocycles. The molecule has 1 amide bonds. The van der Waals surface area contributed by atoms with E-state index in [2.05, 4.69) is 10.3 Å². The Morgan fingerprint density at radius 1 is 1.43 bits per heavy atom. The number of hydrogen-bond acceptors (Lipinski definition) is 4. The van der Waals surface area contributed by atoms with E-state index in [4.69, 9.17) is 9.52 Å². The minimum atomic E-state index is -1.04. The zero-order valence-corrected chi connectivity index (χ0v) is 12.0. The number of carbonyl (C=O) groups excluding carboxylic acids is 1. The van der Waals surface area contributed by atoms with Gasteiger partial charge in [-0.3, -0.25) is 4.79 Å². The lowest BCUT2D eigenvalue weighted by Crippen LogP contribution is -2.40. The summed E-state index contributed by atoms with van der Waals surface area (Å²) in [6, 6.07) is 4.14. The number of nitrogens with zero attached hydrogens (tertiary/aromatic N) is 1. The van der Waals surface area contributed by atoms with Crippen LogP contribution in [-0.4, -0.2) is 28.0 Å². The predicted octanol–water partition coefficient (Wildman–Crippen LogP) is 2.51. The molecular formula is C15H18N2O4. The first-order valence-electron chi connectivity index (χ1n) is 6.92. The monoisotopic (exact) mass is 290 g/mol. The molecule has 6 nitrogen and oxygen atoms in total. The van der Waals surface area contributed by atoms with E-state index >= 15 is 0 Å². The summed E-state index contributed by atoms with van der Waals surface area (Å²) in [5.74, 6) is -1.50. The van der Waals surface area contributed by atoms with Gasteiger partial charge in [0.25, 0.3) is 5.91 Å². The molecule has 112 valence electrons. The molecule has 1 atom stereocenters. The van der Waals surface area contributed by atoms with E-state index in [0.29, 0.717) is 17.5 Å². The van der Waals surface area contributed by atoms with Gasteiger partial charge >= 0.3 is 5.97 Å². The molecule has 0 aliphatic carbocycles. The summed E-state index contributed by atoms with van der Waals surface area (Å²) >= 11 is 0. The first kappa shape index (κ1) is 15.0. The van der Waals surface area contributed by atoms with E-state index < -0.39 is 17.9 Å². The van der Waals surface area contributed by atoms with E-state index in [0.717, 1.165) is 18.5 Å². The van der Waals surface area contributed by atoms with Gasteiger partial charge < -0.3 is 14.8 Å². The summed E-state index contributed by atoms with van der Waals surface area (Å²) in [7, 11) is 0. The number of rotatable bonds is 6. The maximum atomic E-state index is 12.1. The third-order valence-corrected chi connectivity index (χ3v) is 3.19. The van der Waals surface area contributed by atoms with E-state index in [-0.39, 0.29) is 5.76 Å². The Kier molecular flexibility index (Phi) is 4.57. The molecule has 0 unspecified atom stereocenters. The summed E-state index contributed by atoms with van der Waals surface area (Å²) in [6.45, 7) is 3.81. The highest BCUT2D eigenvalue weighted by molar-refractivity contribution is 5.97. The molecule has 0 fully saturated rings. The van der Waals surface area contributed by atoms with Gasteiger partial charge in [-0.15, -0.1) is 0 Å². The summed E-state index contributed by atoms with van der Waals surface area (Å²) < 4.78 is 5.40. The number of aliphatic carboxylic acids is 1. The van der Waals surface area contributed by atoms with Crippen LogP contribution in [0.25, 0.3) is 11.1 Å². The lowest BCUT2D eigenvalue weighted by molar-refractivity contribution is -0.139. The Labute approximate surface area is 122 Å². The molecule has 2 heterocycles. The number of pyridine rings is 1. The minimum absolute atomic E-state index is 0.0749. The van der Waals surface area contributed by atoms with E-state index in [1.165, 1.54) is 6.07 Å². The quantitative estimate of drug-likeness (QED) is 0.852. The molecule has 21 heavy (non-hydrogen) atoms. The number of carboxylic acids is 1. The van der Waals surface area contributed by atoms with Crippen LogP contribution in [0.2, 0.25) is 0 Å². The second kappa shape index (κ2) is 6.39. The van der Waals surface area contributed by atoms with Crippen molar-refractivity contribution in [2.24, 2.45) is 0 Å². The second-order valence-corrected chi connectivity index (χ2v) is 4.95. The maximum absolute atomic E-state index is 12.1. The number of carbonyl (C=O) groups is 2. The highest BCUT2D eigenvalue weighted by Crippen LogP contribution is 2.18. The van der Waals surface area contributed by atoms with Gasteiger partial charge in [0.2, 0.25) is 0 Å². The molecule has 2 rings (SSSR count). The zero-order valence-electron chi connectivity index (χ0n) is 12.0. The van der Waals surface area contributed by atoms with Crippen LogP contribution in [0.3, 0.4) is 0 Å². The Balaban J connectivity index is 2.15. The van der Waals surface area contributed by atoms with Crippen LogP contribution in [0.15, 0.2) is 22.6 Å². The fraction of sp³-hybridized carbons (Fsp3) is 0.400. The Bertz CT molecular complexity index is 663. The number of hydrogen-bond donors (Lipinski definition) is 2. The topological polar surface area (TPSA) is 92.4 Å². The van der Waals surface area contributed by atoms with Crippen LogP contribution in [0.4, 0.5) is 0 Å². The highest BCUT2D eigenvalue weighted by atomic mass is 16.4. The summed E-state index contributed by atoms with van der Waals surface area (Å²) in [5, 5.41) is 11.6. The molecule has 2 N–H and O–H groups in total. The Morgan fingerprint density at radius 2 is 2.19 bits per heavy atom. The van der Waals surface area contributed by atoms with Crippen molar-refractivity contribution < 1.29 is 19.1 Å². The largest absolute Gasteiger partial charge is 0.480 e. The molecule has 0 spiro atoms. The van der Waals surface area contributed by atoms with Gasteiger partial charge in [0.15, 0.2) is 11.3 Å². The standard InChI is InChI=1S/C15H18N2O4/c1-3-4-5-10(15(19)20)17-14(18)13-8-11-12(21-13)7-6-9(2)16-11/h6-8,10H,3-5H2,1-2H3,(H,17,18)(H,19,20)/t10-/m0/s1. The van der Waals surface area contributed by atoms with Gasteiger partial charge in [0.05, 0.1) is 0 Å². The molecule has 2 aromatic rings. The minimum Gasteiger partial charge on any atom is -0.480 e. The first-order chi connectivity index (χ1) is 10.0. The number of nitrogens with one attached hydrogen (secondary N) is 1. The van der Waals surface area contributed by atoms with Gasteiger partial charge in [0.1, 0.15) is 11.6 Å². The molecule has 0 aliphatic heterocycles. The zero-order chi connectivity index (χ0) is 15.4. The Morgan fingerprint density at radius 3 is 2.86 bits per heavy atom. The summed E-state index contributed by atoms with van der Waals surface area (Å²) in [4.78, 5) is 27.5. The van der Waals surface area contributed by atoms with Gasteiger partial charge in [0, 0.05) is 11.8 Å². The molecule has 2 aromatic heterocycles. The molecule has 0 saturated heterocycles. The van der Waals surface area contributed by atoms with E-state index in [1.807, 2.05) is 13.8 Å². The van der Waals surface area contributed by atoms with Crippen molar-refractivity contribution in [3.05, 3.63) is 29.7 Å². The second-order valence-electron chi connectivity index (χ2n) is 4.95. The molecule has 6 heteroatoms. The van der Waals surface area contributed by atoms with Crippen LogP contribution in [0.5, 0.6) is 0 Å².